The number of aromatic nitrogens is 2. The van der Waals surface area contributed by atoms with Crippen molar-refractivity contribution in [2.24, 2.45) is 11.1 Å². The molecule has 0 aromatic carbocycles. The fraction of sp³-hybridized carbons (Fsp3) is 0.400. The maximum atomic E-state index is 11.9. The van der Waals surface area contributed by atoms with Crippen LogP contribution in [-0.4, -0.2) is 42.9 Å². The number of amides is 1. The number of nitrogens with zero attached hydrogens (tertiary/aromatic N) is 3. The molecular formula is C10H11ClN4O4S. The smallest absolute Gasteiger partial charge is 0.228 e. The molecular weight excluding hydrogens is 308 g/mol. The van der Waals surface area contributed by atoms with Crippen molar-refractivity contribution in [3.05, 3.63) is 17.0 Å². The molecule has 1 unspecified atom stereocenters. The molecule has 1 amide bonds. The lowest BCUT2D eigenvalue weighted by Crippen LogP contribution is -2.29. The highest BCUT2D eigenvalue weighted by Gasteiger charge is 2.35. The van der Waals surface area contributed by atoms with Gasteiger partial charge in [0.05, 0.1) is 11.3 Å². The Morgan fingerprint density at radius 3 is 2.80 bits per heavy atom. The fourth-order valence-electron chi connectivity index (χ4n) is 2.11. The second-order valence-electron chi connectivity index (χ2n) is 4.42. The lowest BCUT2D eigenvalue weighted by molar-refractivity contribution is -0.117. The molecule has 108 valence electrons. The van der Waals surface area contributed by atoms with Crippen molar-refractivity contribution in [2.75, 3.05) is 17.2 Å². The summed E-state index contributed by atoms with van der Waals surface area (Å²) in [7, 11) is -3.67. The van der Waals surface area contributed by atoms with E-state index in [1.54, 1.807) is 0 Å². The van der Waals surface area contributed by atoms with Crippen LogP contribution in [0.1, 0.15) is 16.8 Å². The van der Waals surface area contributed by atoms with E-state index in [0.29, 0.717) is 6.29 Å². The summed E-state index contributed by atoms with van der Waals surface area (Å²) in [5.41, 5.74) is -0.00114. The molecule has 1 aromatic heterocycles. The molecule has 1 saturated heterocycles. The van der Waals surface area contributed by atoms with E-state index < -0.39 is 15.9 Å². The van der Waals surface area contributed by atoms with Crippen LogP contribution in [0, 0.1) is 5.92 Å². The Kier molecular flexibility index (Phi) is 4.02. The Bertz CT molecular complexity index is 663. The first kappa shape index (κ1) is 14.8. The van der Waals surface area contributed by atoms with Crippen LogP contribution in [0.25, 0.3) is 0 Å². The number of primary sulfonamides is 1. The van der Waals surface area contributed by atoms with E-state index in [9.17, 15) is 18.0 Å². The summed E-state index contributed by atoms with van der Waals surface area (Å²) in [5, 5.41) is 4.90. The third-order valence-electron chi connectivity index (χ3n) is 2.86. The maximum absolute atomic E-state index is 11.9. The normalized spacial score (nSPS) is 19.4. The predicted molar refractivity (Wildman–Crippen MR) is 70.9 cm³/mol. The number of aldehydes is 1. The minimum Gasteiger partial charge on any atom is -0.298 e. The molecule has 10 heteroatoms. The highest BCUT2D eigenvalue weighted by molar-refractivity contribution is 7.89. The third kappa shape index (κ3) is 3.11. The number of nitrogens with two attached hydrogens (primary N) is 1. The number of hydrogen-bond donors (Lipinski definition) is 1. The Morgan fingerprint density at radius 1 is 1.50 bits per heavy atom. The highest BCUT2D eigenvalue weighted by Crippen LogP contribution is 2.28. The van der Waals surface area contributed by atoms with E-state index in [0.717, 1.165) is 6.33 Å². The summed E-state index contributed by atoms with van der Waals surface area (Å²) in [6.07, 6.45) is 1.61. The van der Waals surface area contributed by atoms with Crippen molar-refractivity contribution < 1.29 is 18.0 Å². The third-order valence-corrected chi connectivity index (χ3v) is 4.10. The zero-order chi connectivity index (χ0) is 14.9. The van der Waals surface area contributed by atoms with E-state index in [1.807, 2.05) is 0 Å². The van der Waals surface area contributed by atoms with Crippen LogP contribution in [0.2, 0.25) is 5.15 Å². The molecule has 0 aliphatic carbocycles. The van der Waals surface area contributed by atoms with Crippen molar-refractivity contribution in [3.8, 4) is 0 Å². The second-order valence-corrected chi connectivity index (χ2v) is 6.44. The molecule has 1 fully saturated rings. The number of halogens is 1. The molecule has 0 radical (unpaired) electrons. The number of rotatable bonds is 4. The van der Waals surface area contributed by atoms with Crippen molar-refractivity contribution in [1.29, 1.82) is 0 Å². The van der Waals surface area contributed by atoms with Gasteiger partial charge in [-0.2, -0.15) is 0 Å². The Morgan fingerprint density at radius 2 is 2.20 bits per heavy atom. The first-order chi connectivity index (χ1) is 9.31. The van der Waals surface area contributed by atoms with Crippen molar-refractivity contribution in [1.82, 2.24) is 9.97 Å². The number of sulfonamides is 1. The van der Waals surface area contributed by atoms with Gasteiger partial charge in [-0.05, 0) is 0 Å². The van der Waals surface area contributed by atoms with Gasteiger partial charge in [-0.25, -0.2) is 23.5 Å². The standard InChI is InChI=1S/C10H11ClN4O4S/c11-9-7(3-16)10(14-5-13-9)15-2-6(1-8(15)17)4-20(12,18)19/h3,5-6H,1-2,4H2,(H2,12,18,19). The van der Waals surface area contributed by atoms with Crippen LogP contribution < -0.4 is 10.0 Å². The van der Waals surface area contributed by atoms with Gasteiger partial charge in [-0.1, -0.05) is 11.6 Å². The van der Waals surface area contributed by atoms with E-state index in [4.69, 9.17) is 16.7 Å². The van der Waals surface area contributed by atoms with Crippen LogP contribution in [0.5, 0.6) is 0 Å². The number of hydrogen-bond acceptors (Lipinski definition) is 6. The highest BCUT2D eigenvalue weighted by atomic mass is 35.5. The largest absolute Gasteiger partial charge is 0.298 e. The molecule has 20 heavy (non-hydrogen) atoms. The Hall–Kier alpha value is -1.58. The first-order valence-electron chi connectivity index (χ1n) is 5.58. The molecule has 8 nitrogen and oxygen atoms in total. The average molecular weight is 319 g/mol. The molecule has 0 spiro atoms. The van der Waals surface area contributed by atoms with Crippen LogP contribution >= 0.6 is 11.6 Å². The van der Waals surface area contributed by atoms with Crippen molar-refractivity contribution >= 4 is 39.6 Å². The van der Waals surface area contributed by atoms with Crippen molar-refractivity contribution in [3.63, 3.8) is 0 Å². The van der Waals surface area contributed by atoms with Crippen molar-refractivity contribution in [2.45, 2.75) is 6.42 Å². The van der Waals surface area contributed by atoms with E-state index >= 15 is 0 Å². The molecule has 0 saturated carbocycles. The van der Waals surface area contributed by atoms with Gasteiger partial charge in [0.25, 0.3) is 0 Å². The summed E-state index contributed by atoms with van der Waals surface area (Å²) in [5.74, 6) is -0.992. The zero-order valence-corrected chi connectivity index (χ0v) is 11.8. The summed E-state index contributed by atoms with van der Waals surface area (Å²) >= 11 is 5.76. The van der Waals surface area contributed by atoms with Gasteiger partial charge in [0.2, 0.25) is 15.9 Å². The predicted octanol–water partition coefficient (Wildman–Crippen LogP) is -0.416. The van der Waals surface area contributed by atoms with Crippen LogP contribution in [0.4, 0.5) is 5.82 Å². The molecule has 0 bridgehead atoms. The minimum atomic E-state index is -3.67. The second kappa shape index (κ2) is 5.43. The van der Waals surface area contributed by atoms with Crippen LogP contribution in [-0.2, 0) is 14.8 Å². The van der Waals surface area contributed by atoms with E-state index in [2.05, 4.69) is 9.97 Å². The molecule has 1 aliphatic heterocycles. The summed E-state index contributed by atoms with van der Waals surface area (Å²) < 4.78 is 22.1. The van der Waals surface area contributed by atoms with Gasteiger partial charge < -0.3 is 0 Å². The van der Waals surface area contributed by atoms with E-state index in [-0.39, 0.29) is 41.2 Å². The maximum Gasteiger partial charge on any atom is 0.228 e. The summed E-state index contributed by atoms with van der Waals surface area (Å²) in [6, 6.07) is 0. The number of carbonyl (C=O) groups is 2. The van der Waals surface area contributed by atoms with Gasteiger partial charge >= 0.3 is 0 Å². The summed E-state index contributed by atoms with van der Waals surface area (Å²) in [4.78, 5) is 31.7. The van der Waals surface area contributed by atoms with Gasteiger partial charge in [-0.3, -0.25) is 14.5 Å². The average Bonchev–Trinajstić information content (AvgIpc) is 2.67. The molecule has 2 heterocycles. The lowest BCUT2D eigenvalue weighted by atomic mass is 10.1. The number of anilines is 1. The Balaban J connectivity index is 2.29. The van der Waals surface area contributed by atoms with Gasteiger partial charge in [0.1, 0.15) is 11.5 Å². The Labute approximate surface area is 120 Å². The molecule has 1 aliphatic rings. The lowest BCUT2D eigenvalue weighted by Gasteiger charge is -2.17. The molecule has 1 aromatic rings. The van der Waals surface area contributed by atoms with E-state index in [1.165, 1.54) is 4.90 Å². The van der Waals surface area contributed by atoms with Gasteiger partial charge in [0, 0.05) is 18.9 Å². The topological polar surface area (TPSA) is 123 Å². The van der Waals surface area contributed by atoms with Crippen LogP contribution in [0.15, 0.2) is 6.33 Å². The van der Waals surface area contributed by atoms with Gasteiger partial charge in [0.15, 0.2) is 12.1 Å². The minimum absolute atomic E-state index is 0.00114. The monoisotopic (exact) mass is 318 g/mol. The molecule has 2 rings (SSSR count). The first-order valence-corrected chi connectivity index (χ1v) is 7.67. The fourth-order valence-corrected chi connectivity index (χ4v) is 3.16. The zero-order valence-electron chi connectivity index (χ0n) is 10.2. The molecule has 2 N–H and O–H groups in total. The SMILES string of the molecule is NS(=O)(=O)CC1CC(=O)N(c2ncnc(Cl)c2C=O)C1. The van der Waals surface area contributed by atoms with Crippen LogP contribution in [0.3, 0.4) is 0 Å². The van der Waals surface area contributed by atoms with Gasteiger partial charge in [-0.15, -0.1) is 0 Å². The number of carbonyl (C=O) groups excluding carboxylic acids is 2. The quantitative estimate of drug-likeness (QED) is 0.594. The summed E-state index contributed by atoms with van der Waals surface area (Å²) in [6.45, 7) is 0.115. The molecule has 1 atom stereocenters.